The van der Waals surface area contributed by atoms with E-state index in [0.29, 0.717) is 11.0 Å². The molecule has 36 heavy (non-hydrogen) atoms. The zero-order valence-electron chi connectivity index (χ0n) is 18.5. The van der Waals surface area contributed by atoms with Gasteiger partial charge in [0.1, 0.15) is 29.8 Å². The molecule has 1 aromatic carbocycles. The van der Waals surface area contributed by atoms with Gasteiger partial charge in [-0.2, -0.15) is 13.5 Å². The number of carbonyl (C=O) groups is 1. The van der Waals surface area contributed by atoms with Crippen LogP contribution in [-0.2, 0) is 21.0 Å². The minimum absolute atomic E-state index is 0.0817. The Bertz CT molecular complexity index is 1370. The van der Waals surface area contributed by atoms with E-state index >= 15 is 0 Å². The van der Waals surface area contributed by atoms with Crippen molar-refractivity contribution in [2.75, 3.05) is 11.9 Å². The van der Waals surface area contributed by atoms with Gasteiger partial charge in [-0.1, -0.05) is 6.07 Å². The van der Waals surface area contributed by atoms with Gasteiger partial charge in [0.25, 0.3) is 0 Å². The number of aliphatic hydroxyl groups excluding tert-OH is 2. The Hall–Kier alpha value is -2.82. The molecule has 0 aliphatic heterocycles. The lowest BCUT2D eigenvalue weighted by Crippen LogP contribution is -2.36. The molecule has 2 heterocycles. The summed E-state index contributed by atoms with van der Waals surface area (Å²) in [5.74, 6) is -1.49. The highest BCUT2D eigenvalue weighted by Gasteiger charge is 2.42. The Morgan fingerprint density at radius 2 is 2.08 bits per heavy atom. The van der Waals surface area contributed by atoms with Gasteiger partial charge in [-0.3, -0.25) is 13.7 Å². The maximum absolute atomic E-state index is 13.5. The second-order valence-corrected chi connectivity index (χ2v) is 10.3. The van der Waals surface area contributed by atoms with E-state index < -0.39 is 46.9 Å². The first kappa shape index (κ1) is 26.2. The molecule has 0 bridgehead atoms. The molecule has 0 unspecified atom stereocenters. The fourth-order valence-corrected chi connectivity index (χ4v) is 4.73. The lowest BCUT2D eigenvalue weighted by Gasteiger charge is -2.19. The highest BCUT2D eigenvalue weighted by molar-refractivity contribution is 9.10. The van der Waals surface area contributed by atoms with Crippen molar-refractivity contribution in [3.05, 3.63) is 70.1 Å². The number of benzene rings is 1. The molecule has 12 nitrogen and oxygen atoms in total. The molecule has 4 rings (SSSR count). The van der Waals surface area contributed by atoms with Crippen LogP contribution in [0.4, 0.5) is 10.2 Å². The molecular weight excluding hydrogens is 563 g/mol. The molecule has 0 saturated heterocycles. The number of aliphatic hydroxyl groups is 2. The van der Waals surface area contributed by atoms with Crippen molar-refractivity contribution < 1.29 is 32.0 Å². The van der Waals surface area contributed by atoms with Crippen molar-refractivity contribution in [3.8, 4) is 0 Å². The number of rotatable bonds is 9. The number of nitrogens with two attached hydrogens (primary N) is 1. The molecule has 192 valence electrons. The quantitative estimate of drug-likeness (QED) is 0.260. The van der Waals surface area contributed by atoms with Gasteiger partial charge in [0.05, 0.1) is 35.3 Å². The number of halogens is 2. The standard InChI is InChI=1S/C21H22BrFN6O6S/c22-14-5-11(1-2-15(14)23)8-29-4-3-16(28-29)19(31)13-7-25-10-26-21(13)27-17-6-12(18(30)20(17)32)9-35-36(24,33)34/h1-5,7,10,12,17-18,20,30,32H,6,8-9H2,(H2,24,33,34)(H,25,26,27)/t12-,17-,18-,20+/m1/s1. The number of aromatic nitrogens is 4. The van der Waals surface area contributed by atoms with Gasteiger partial charge < -0.3 is 15.5 Å². The van der Waals surface area contributed by atoms with E-state index in [2.05, 4.69) is 40.5 Å². The number of nitrogens with zero attached hydrogens (tertiary/aromatic N) is 4. The van der Waals surface area contributed by atoms with E-state index in [1.807, 2.05) is 0 Å². The lowest BCUT2D eigenvalue weighted by molar-refractivity contribution is 0.00778. The average Bonchev–Trinajstić information content (AvgIpc) is 3.40. The van der Waals surface area contributed by atoms with E-state index in [0.717, 1.165) is 5.56 Å². The highest BCUT2D eigenvalue weighted by atomic mass is 79.9. The maximum atomic E-state index is 13.5. The highest BCUT2D eigenvalue weighted by Crippen LogP contribution is 2.30. The van der Waals surface area contributed by atoms with Crippen molar-refractivity contribution in [2.45, 2.75) is 31.2 Å². The molecule has 0 amide bonds. The van der Waals surface area contributed by atoms with Crippen molar-refractivity contribution in [1.29, 1.82) is 0 Å². The van der Waals surface area contributed by atoms with Crippen LogP contribution in [0.1, 0.15) is 28.0 Å². The van der Waals surface area contributed by atoms with Gasteiger partial charge in [0.2, 0.25) is 5.78 Å². The van der Waals surface area contributed by atoms with Gasteiger partial charge in [0, 0.05) is 18.3 Å². The summed E-state index contributed by atoms with van der Waals surface area (Å²) >= 11 is 3.14. The van der Waals surface area contributed by atoms with E-state index in [1.54, 1.807) is 18.3 Å². The molecule has 15 heteroatoms. The first-order chi connectivity index (χ1) is 17.0. The van der Waals surface area contributed by atoms with Crippen LogP contribution in [0.25, 0.3) is 0 Å². The van der Waals surface area contributed by atoms with Crippen molar-refractivity contribution in [2.24, 2.45) is 11.1 Å². The van der Waals surface area contributed by atoms with E-state index in [4.69, 9.17) is 5.14 Å². The molecule has 3 aromatic rings. The van der Waals surface area contributed by atoms with Crippen molar-refractivity contribution in [1.82, 2.24) is 19.7 Å². The first-order valence-corrected chi connectivity index (χ1v) is 12.9. The van der Waals surface area contributed by atoms with Crippen LogP contribution in [0.3, 0.4) is 0 Å². The smallest absolute Gasteiger partial charge is 0.333 e. The third-order valence-electron chi connectivity index (χ3n) is 5.73. The molecule has 5 N–H and O–H groups in total. The summed E-state index contributed by atoms with van der Waals surface area (Å²) in [7, 11) is -4.21. The third-order valence-corrected chi connectivity index (χ3v) is 6.80. The molecule has 1 aliphatic carbocycles. The van der Waals surface area contributed by atoms with Gasteiger partial charge >= 0.3 is 10.3 Å². The van der Waals surface area contributed by atoms with Crippen LogP contribution in [0.15, 0.2) is 47.5 Å². The van der Waals surface area contributed by atoms with Crippen molar-refractivity contribution in [3.63, 3.8) is 0 Å². The Labute approximate surface area is 213 Å². The Morgan fingerprint density at radius 1 is 1.31 bits per heavy atom. The van der Waals surface area contributed by atoms with Crippen LogP contribution in [0.2, 0.25) is 0 Å². The van der Waals surface area contributed by atoms with Crippen LogP contribution in [-0.4, -0.2) is 69.0 Å². The van der Waals surface area contributed by atoms with Crippen molar-refractivity contribution >= 4 is 37.8 Å². The average molecular weight is 585 g/mol. The predicted molar refractivity (Wildman–Crippen MR) is 127 cm³/mol. The van der Waals surface area contributed by atoms with E-state index in [1.165, 1.54) is 29.3 Å². The fourth-order valence-electron chi connectivity index (χ4n) is 3.94. The van der Waals surface area contributed by atoms with Gasteiger partial charge in [0.15, 0.2) is 0 Å². The number of carbonyl (C=O) groups excluding carboxylic acids is 1. The Balaban J connectivity index is 1.47. The number of hydrogen-bond acceptors (Lipinski definition) is 10. The minimum Gasteiger partial charge on any atom is -0.390 e. The lowest BCUT2D eigenvalue weighted by atomic mass is 10.1. The first-order valence-electron chi connectivity index (χ1n) is 10.6. The van der Waals surface area contributed by atoms with Crippen LogP contribution in [0, 0.1) is 11.7 Å². The molecule has 0 radical (unpaired) electrons. The SMILES string of the molecule is NS(=O)(=O)OC[C@H]1C[C@@H](Nc2ncncc2C(=O)c2ccn(Cc3ccc(F)c(Br)c3)n2)[C@H](O)[C@@H]1O. The topological polar surface area (TPSA) is 183 Å². The van der Waals surface area contributed by atoms with Gasteiger partial charge in [-0.25, -0.2) is 19.5 Å². The van der Waals surface area contributed by atoms with Crippen LogP contribution >= 0.6 is 15.9 Å². The number of nitrogens with one attached hydrogen (secondary N) is 1. The summed E-state index contributed by atoms with van der Waals surface area (Å²) in [6.45, 7) is -0.108. The van der Waals surface area contributed by atoms with E-state index in [9.17, 15) is 27.8 Å². The minimum atomic E-state index is -4.21. The summed E-state index contributed by atoms with van der Waals surface area (Å²) in [4.78, 5) is 21.2. The normalized spacial score (nSPS) is 22.0. The number of ketones is 1. The Morgan fingerprint density at radius 3 is 2.81 bits per heavy atom. The summed E-state index contributed by atoms with van der Waals surface area (Å²) in [5, 5.41) is 32.8. The molecular formula is C21H22BrFN6O6S. The predicted octanol–water partition coefficient (Wildman–Crippen LogP) is 0.596. The number of anilines is 1. The number of hydrogen-bond donors (Lipinski definition) is 4. The summed E-state index contributed by atoms with van der Waals surface area (Å²) in [6.07, 6.45) is 1.67. The molecule has 0 spiro atoms. The van der Waals surface area contributed by atoms with E-state index in [-0.39, 0.29) is 29.3 Å². The monoisotopic (exact) mass is 584 g/mol. The zero-order chi connectivity index (χ0) is 26.0. The third kappa shape index (κ3) is 6.11. The summed E-state index contributed by atoms with van der Waals surface area (Å²) in [6, 6.07) is 5.32. The second kappa shape index (κ2) is 10.7. The van der Waals surface area contributed by atoms with Crippen LogP contribution < -0.4 is 10.5 Å². The maximum Gasteiger partial charge on any atom is 0.333 e. The van der Waals surface area contributed by atoms with Crippen LogP contribution in [0.5, 0.6) is 0 Å². The molecule has 2 aromatic heterocycles. The van der Waals surface area contributed by atoms with Gasteiger partial charge in [-0.05, 0) is 46.1 Å². The van der Waals surface area contributed by atoms with Gasteiger partial charge in [-0.15, -0.1) is 0 Å². The largest absolute Gasteiger partial charge is 0.390 e. The fraction of sp³-hybridized carbons (Fsp3) is 0.333. The zero-order valence-corrected chi connectivity index (χ0v) is 20.9. The molecule has 4 atom stereocenters. The molecule has 1 fully saturated rings. The summed E-state index contributed by atoms with van der Waals surface area (Å²) in [5.41, 5.74) is 0.962. The Kier molecular flexibility index (Phi) is 7.77. The summed E-state index contributed by atoms with van der Waals surface area (Å²) < 4.78 is 42.0. The molecule has 1 aliphatic rings. The molecule has 1 saturated carbocycles. The second-order valence-electron chi connectivity index (χ2n) is 8.27.